The van der Waals surface area contributed by atoms with E-state index < -0.39 is 58.9 Å². The van der Waals surface area contributed by atoms with E-state index in [0.29, 0.717) is 31.3 Å². The van der Waals surface area contributed by atoms with Crippen LogP contribution in [0.5, 0.6) is 0 Å². The molecule has 10 nitrogen and oxygen atoms in total. The average molecular weight is 599 g/mol. The maximum atomic E-state index is 14.2. The van der Waals surface area contributed by atoms with E-state index in [1.807, 2.05) is 19.8 Å². The van der Waals surface area contributed by atoms with Gasteiger partial charge in [-0.3, -0.25) is 14.4 Å². The van der Waals surface area contributed by atoms with E-state index in [-0.39, 0.29) is 35.3 Å². The first-order valence-corrected chi connectivity index (χ1v) is 14.6. The van der Waals surface area contributed by atoms with Crippen molar-refractivity contribution in [3.05, 3.63) is 35.5 Å². The lowest BCUT2D eigenvalue weighted by atomic mass is 9.85. The summed E-state index contributed by atoms with van der Waals surface area (Å²) in [5.41, 5.74) is -0.594. The molecule has 0 bridgehead atoms. The standard InChI is InChI=1S/C31H40F2N6O4/c1-16(36-22-8-7-18(32)12-21(22)33)27(41)38-26(30(2,3)4)29(43)39-14-20-24(31(20,5)6)25(39)28(42)37-19(13-34)11-17-9-10-35-23(17)15-40/h7-8,12,16-17,19-20,24-26,35-36H,9-11,14H2,1-6H3,(H,37,42)(H,38,41)/t16-,17-,19-,20-,24-,25-,26+/m0/s1. The number of likely N-dealkylation sites (tertiary alicyclic amines) is 1. The van der Waals surface area contributed by atoms with Gasteiger partial charge in [0.15, 0.2) is 0 Å². The number of benzene rings is 1. The molecule has 3 fully saturated rings. The Labute approximate surface area is 250 Å². The summed E-state index contributed by atoms with van der Waals surface area (Å²) in [6, 6.07) is 1.40. The Bertz CT molecular complexity index is 1380. The van der Waals surface area contributed by atoms with E-state index in [1.54, 1.807) is 20.8 Å². The molecule has 2 aliphatic heterocycles. The van der Waals surface area contributed by atoms with Gasteiger partial charge in [0.05, 0.1) is 17.5 Å². The van der Waals surface area contributed by atoms with E-state index >= 15 is 0 Å². The molecule has 2 saturated heterocycles. The number of piperidine rings is 1. The van der Waals surface area contributed by atoms with E-state index in [0.717, 1.165) is 6.07 Å². The van der Waals surface area contributed by atoms with Gasteiger partial charge >= 0.3 is 0 Å². The predicted octanol–water partition coefficient (Wildman–Crippen LogP) is 2.50. The van der Waals surface area contributed by atoms with Gasteiger partial charge in [0.25, 0.3) is 0 Å². The molecule has 4 rings (SSSR count). The number of nitriles is 1. The van der Waals surface area contributed by atoms with E-state index in [9.17, 15) is 33.2 Å². The molecule has 12 heteroatoms. The second-order valence-corrected chi connectivity index (χ2v) is 13.5. The van der Waals surface area contributed by atoms with Crippen molar-refractivity contribution >= 4 is 29.4 Å². The summed E-state index contributed by atoms with van der Waals surface area (Å²) >= 11 is 0. The molecule has 0 spiro atoms. The van der Waals surface area contributed by atoms with Gasteiger partial charge in [0.1, 0.15) is 41.7 Å². The maximum Gasteiger partial charge on any atom is 0.246 e. The largest absolute Gasteiger partial charge is 0.379 e. The van der Waals surface area contributed by atoms with E-state index in [1.165, 1.54) is 17.9 Å². The fourth-order valence-electron chi connectivity index (χ4n) is 6.51. The predicted molar refractivity (Wildman–Crippen MR) is 155 cm³/mol. The third-order valence-electron chi connectivity index (χ3n) is 9.18. The van der Waals surface area contributed by atoms with E-state index in [4.69, 9.17) is 0 Å². The number of halogens is 2. The molecule has 43 heavy (non-hydrogen) atoms. The summed E-state index contributed by atoms with van der Waals surface area (Å²) in [5, 5.41) is 21.1. The second kappa shape index (κ2) is 12.0. The SMILES string of the molecule is C[C@H](Nc1ccc(F)cc1F)C(=O)N[C@H](C(=O)N1C[C@H]2[C@@H]([C@H]1C(=O)N[C@H](C#N)C[C@@H]1CCNC1=C=O)C2(C)C)C(C)(C)C. The van der Waals surface area contributed by atoms with Crippen LogP contribution in [-0.2, 0) is 19.2 Å². The fraction of sp³-hybridized carbons (Fsp3) is 0.613. The Morgan fingerprint density at radius 2 is 1.91 bits per heavy atom. The molecule has 232 valence electrons. The number of anilines is 1. The fourth-order valence-corrected chi connectivity index (χ4v) is 6.51. The van der Waals surface area contributed by atoms with Gasteiger partial charge in [0, 0.05) is 25.1 Å². The molecule has 4 N–H and O–H groups in total. The third kappa shape index (κ3) is 6.52. The summed E-state index contributed by atoms with van der Waals surface area (Å²) in [7, 11) is 0. The van der Waals surface area contributed by atoms with Crippen LogP contribution in [0.3, 0.4) is 0 Å². The van der Waals surface area contributed by atoms with Gasteiger partial charge in [-0.2, -0.15) is 5.26 Å². The lowest BCUT2D eigenvalue weighted by Crippen LogP contribution is -2.61. The number of amides is 3. The molecule has 7 atom stereocenters. The van der Waals surface area contributed by atoms with Crippen molar-refractivity contribution in [2.24, 2.45) is 28.6 Å². The van der Waals surface area contributed by atoms with E-state index in [2.05, 4.69) is 27.3 Å². The first-order valence-electron chi connectivity index (χ1n) is 14.6. The molecule has 1 aromatic rings. The zero-order valence-electron chi connectivity index (χ0n) is 25.4. The van der Waals surface area contributed by atoms with Crippen molar-refractivity contribution in [3.8, 4) is 6.07 Å². The minimum Gasteiger partial charge on any atom is -0.379 e. The molecule has 3 amide bonds. The summed E-state index contributed by atoms with van der Waals surface area (Å²) in [6.45, 7) is 11.9. The third-order valence-corrected chi connectivity index (χ3v) is 9.18. The number of fused-ring (bicyclic) bond motifs is 1. The van der Waals surface area contributed by atoms with Crippen LogP contribution in [0, 0.1) is 51.5 Å². The lowest BCUT2D eigenvalue weighted by molar-refractivity contribution is -0.145. The number of hydrogen-bond donors (Lipinski definition) is 4. The summed E-state index contributed by atoms with van der Waals surface area (Å²) in [4.78, 5) is 53.8. The molecular weight excluding hydrogens is 558 g/mol. The van der Waals surface area contributed by atoms with Crippen LogP contribution < -0.4 is 21.3 Å². The molecule has 3 aliphatic rings. The highest BCUT2D eigenvalue weighted by Gasteiger charge is 2.69. The van der Waals surface area contributed by atoms with Crippen LogP contribution in [0.1, 0.15) is 54.4 Å². The number of carbonyl (C=O) groups is 3. The zero-order valence-corrected chi connectivity index (χ0v) is 25.4. The van der Waals surface area contributed by atoms with Crippen molar-refractivity contribution < 1.29 is 28.0 Å². The van der Waals surface area contributed by atoms with Crippen LogP contribution in [0.2, 0.25) is 0 Å². The van der Waals surface area contributed by atoms with Crippen molar-refractivity contribution in [2.75, 3.05) is 18.4 Å². The summed E-state index contributed by atoms with van der Waals surface area (Å²) < 4.78 is 27.5. The molecule has 0 radical (unpaired) electrons. The molecule has 1 aromatic carbocycles. The second-order valence-electron chi connectivity index (χ2n) is 13.5. The van der Waals surface area contributed by atoms with Gasteiger partial charge in [0.2, 0.25) is 17.7 Å². The van der Waals surface area contributed by atoms with Crippen molar-refractivity contribution in [3.63, 3.8) is 0 Å². The monoisotopic (exact) mass is 598 g/mol. The maximum absolute atomic E-state index is 14.2. The van der Waals surface area contributed by atoms with Crippen molar-refractivity contribution in [2.45, 2.75) is 78.6 Å². The molecule has 0 unspecified atom stereocenters. The number of allylic oxidation sites excluding steroid dienone is 1. The highest BCUT2D eigenvalue weighted by Crippen LogP contribution is 2.65. The average Bonchev–Trinajstić information content (AvgIpc) is 3.31. The molecule has 0 aromatic heterocycles. The Balaban J connectivity index is 1.50. The number of hydrogen-bond acceptors (Lipinski definition) is 7. The van der Waals surface area contributed by atoms with Crippen molar-refractivity contribution in [1.82, 2.24) is 20.9 Å². The van der Waals surface area contributed by atoms with Crippen molar-refractivity contribution in [1.29, 1.82) is 5.26 Å². The quantitative estimate of drug-likeness (QED) is 0.320. The molecular formula is C31H40F2N6O4. The first-order chi connectivity index (χ1) is 20.1. The van der Waals surface area contributed by atoms with Gasteiger partial charge < -0.3 is 26.2 Å². The Morgan fingerprint density at radius 3 is 2.51 bits per heavy atom. The molecule has 2 heterocycles. The van der Waals surface area contributed by atoms with Crippen LogP contribution in [0.4, 0.5) is 14.5 Å². The lowest BCUT2D eigenvalue weighted by Gasteiger charge is -2.38. The molecule has 1 aliphatic carbocycles. The van der Waals surface area contributed by atoms with Gasteiger partial charge in [-0.05, 0) is 54.6 Å². The highest BCUT2D eigenvalue weighted by molar-refractivity contribution is 5.95. The Hall–Kier alpha value is -3.97. The first kappa shape index (κ1) is 32.0. The number of rotatable bonds is 9. The number of nitrogens with one attached hydrogen (secondary N) is 4. The van der Waals surface area contributed by atoms with Crippen LogP contribution in [0.15, 0.2) is 23.9 Å². The summed E-state index contributed by atoms with van der Waals surface area (Å²) in [6.07, 6.45) is 0.899. The Kier molecular flexibility index (Phi) is 8.89. The summed E-state index contributed by atoms with van der Waals surface area (Å²) in [5.74, 6) is -1.42. The molecule has 1 saturated carbocycles. The number of nitrogens with zero attached hydrogens (tertiary/aromatic N) is 2. The Morgan fingerprint density at radius 1 is 1.21 bits per heavy atom. The highest BCUT2D eigenvalue weighted by atomic mass is 19.1. The smallest absolute Gasteiger partial charge is 0.246 e. The van der Waals surface area contributed by atoms with Gasteiger partial charge in [-0.1, -0.05) is 34.6 Å². The van der Waals surface area contributed by atoms with Gasteiger partial charge in [-0.15, -0.1) is 0 Å². The minimum absolute atomic E-state index is 0.0579. The zero-order chi connectivity index (χ0) is 31.9. The minimum atomic E-state index is -1.02. The topological polar surface area (TPSA) is 143 Å². The normalized spacial score (nSPS) is 25.7. The number of carbonyl (C=O) groups excluding carboxylic acids is 4. The van der Waals surface area contributed by atoms with Gasteiger partial charge in [-0.25, -0.2) is 13.6 Å². The van der Waals surface area contributed by atoms with Crippen LogP contribution in [-0.4, -0.2) is 65.8 Å². The van der Waals surface area contributed by atoms with Crippen LogP contribution >= 0.6 is 0 Å². The van der Waals surface area contributed by atoms with Crippen LogP contribution in [0.25, 0.3) is 0 Å².